The minimum Gasteiger partial charge on any atom is -0.345 e. The minimum atomic E-state index is -4.51. The Morgan fingerprint density at radius 1 is 1.32 bits per heavy atom. The lowest BCUT2D eigenvalue weighted by Crippen LogP contribution is -2.23. The second kappa shape index (κ2) is 5.41. The van der Waals surface area contributed by atoms with Gasteiger partial charge in [0, 0.05) is 17.1 Å². The summed E-state index contributed by atoms with van der Waals surface area (Å²) < 4.78 is 39.9. The van der Waals surface area contributed by atoms with Crippen molar-refractivity contribution in [3.8, 4) is 0 Å². The van der Waals surface area contributed by atoms with Crippen molar-refractivity contribution in [3.05, 3.63) is 52.1 Å². The van der Waals surface area contributed by atoms with Gasteiger partial charge >= 0.3 is 6.18 Å². The predicted octanol–water partition coefficient (Wildman–Crippen LogP) is 2.74. The summed E-state index contributed by atoms with van der Waals surface area (Å²) in [5, 5.41) is 13.3. The van der Waals surface area contributed by atoms with Crippen molar-refractivity contribution in [1.82, 2.24) is 19.9 Å². The van der Waals surface area contributed by atoms with Crippen LogP contribution in [-0.4, -0.2) is 20.5 Å². The average Bonchev–Trinajstić information content (AvgIpc) is 3.13. The van der Waals surface area contributed by atoms with Gasteiger partial charge in [0.15, 0.2) is 11.5 Å². The second-order valence-corrected chi connectivity index (χ2v) is 5.20. The van der Waals surface area contributed by atoms with Gasteiger partial charge in [0.2, 0.25) is 0 Å². The van der Waals surface area contributed by atoms with Crippen LogP contribution < -0.4 is 5.32 Å². The minimum absolute atomic E-state index is 0.0167. The maximum Gasteiger partial charge on any atom is 0.420 e. The Morgan fingerprint density at radius 2 is 2.14 bits per heavy atom. The van der Waals surface area contributed by atoms with E-state index in [0.29, 0.717) is 5.56 Å². The van der Waals surface area contributed by atoms with Gasteiger partial charge in [0.1, 0.15) is 5.56 Å². The maximum atomic E-state index is 12.9. The Kier molecular flexibility index (Phi) is 3.57. The highest BCUT2D eigenvalue weighted by atomic mass is 32.1. The van der Waals surface area contributed by atoms with Crippen molar-refractivity contribution in [2.45, 2.75) is 12.7 Å². The number of halogens is 3. The zero-order chi connectivity index (χ0) is 15.7. The molecule has 0 saturated heterocycles. The molecule has 1 N–H and O–H groups in total. The van der Waals surface area contributed by atoms with Crippen molar-refractivity contribution in [3.63, 3.8) is 0 Å². The number of hydrogen-bond donors (Lipinski definition) is 1. The monoisotopic (exact) mass is 326 g/mol. The van der Waals surface area contributed by atoms with E-state index in [4.69, 9.17) is 0 Å². The number of rotatable bonds is 3. The van der Waals surface area contributed by atoms with E-state index in [-0.39, 0.29) is 23.9 Å². The SMILES string of the molecule is O=C(NCc1nnc2c(C(F)(F)F)cccn12)c1ccsc1. The maximum absolute atomic E-state index is 12.9. The van der Waals surface area contributed by atoms with E-state index < -0.39 is 11.7 Å². The number of fused-ring (bicyclic) bond motifs is 1. The van der Waals surface area contributed by atoms with Gasteiger partial charge in [-0.05, 0) is 23.6 Å². The number of thiophene rings is 1. The summed E-state index contributed by atoms with van der Waals surface area (Å²) in [6.07, 6.45) is -3.08. The Hall–Kier alpha value is -2.42. The average molecular weight is 326 g/mol. The van der Waals surface area contributed by atoms with E-state index in [1.807, 2.05) is 0 Å². The summed E-state index contributed by atoms with van der Waals surface area (Å²) >= 11 is 1.38. The van der Waals surface area contributed by atoms with Crippen LogP contribution in [0.4, 0.5) is 13.2 Å². The molecule has 0 atom stereocenters. The largest absolute Gasteiger partial charge is 0.420 e. The molecule has 3 rings (SSSR count). The van der Waals surface area contributed by atoms with Crippen LogP contribution in [0.5, 0.6) is 0 Å². The molecule has 0 unspecified atom stereocenters. The highest BCUT2D eigenvalue weighted by molar-refractivity contribution is 7.08. The molecule has 0 saturated carbocycles. The van der Waals surface area contributed by atoms with Crippen LogP contribution in [0.25, 0.3) is 5.65 Å². The van der Waals surface area contributed by atoms with Gasteiger partial charge in [-0.25, -0.2) is 0 Å². The summed E-state index contributed by atoms with van der Waals surface area (Å²) in [5.41, 5.74) is -0.650. The van der Waals surface area contributed by atoms with Gasteiger partial charge in [-0.15, -0.1) is 10.2 Å². The number of carbonyl (C=O) groups excluding carboxylic acids is 1. The Balaban J connectivity index is 1.85. The fraction of sp³-hybridized carbons (Fsp3) is 0.154. The quantitative estimate of drug-likeness (QED) is 0.805. The van der Waals surface area contributed by atoms with E-state index in [0.717, 1.165) is 6.07 Å². The molecular formula is C13H9F3N4OS. The first kappa shape index (κ1) is 14.5. The Bertz CT molecular complexity index is 810. The highest BCUT2D eigenvalue weighted by Crippen LogP contribution is 2.31. The van der Waals surface area contributed by atoms with Gasteiger partial charge in [-0.1, -0.05) is 0 Å². The van der Waals surface area contributed by atoms with Crippen molar-refractivity contribution in [2.24, 2.45) is 0 Å². The molecule has 3 aromatic rings. The first-order valence-electron chi connectivity index (χ1n) is 6.17. The molecule has 9 heteroatoms. The predicted molar refractivity (Wildman–Crippen MR) is 73.5 cm³/mol. The lowest BCUT2D eigenvalue weighted by molar-refractivity contribution is -0.136. The van der Waals surface area contributed by atoms with Crippen LogP contribution in [0, 0.1) is 0 Å². The van der Waals surface area contributed by atoms with E-state index >= 15 is 0 Å². The first-order chi connectivity index (χ1) is 10.5. The van der Waals surface area contributed by atoms with Crippen molar-refractivity contribution in [1.29, 1.82) is 0 Å². The van der Waals surface area contributed by atoms with Gasteiger partial charge in [-0.3, -0.25) is 9.20 Å². The number of carbonyl (C=O) groups is 1. The molecule has 3 aromatic heterocycles. The molecule has 5 nitrogen and oxygen atoms in total. The molecule has 3 heterocycles. The number of nitrogens with zero attached hydrogens (tertiary/aromatic N) is 3. The molecule has 0 fully saturated rings. The van der Waals surface area contributed by atoms with Crippen LogP contribution in [-0.2, 0) is 12.7 Å². The third-order valence-corrected chi connectivity index (χ3v) is 3.68. The third-order valence-electron chi connectivity index (χ3n) is 3.00. The number of aromatic nitrogens is 3. The number of nitrogens with one attached hydrogen (secondary N) is 1. The molecule has 0 aliphatic carbocycles. The van der Waals surface area contributed by atoms with Gasteiger partial charge in [0.05, 0.1) is 6.54 Å². The van der Waals surface area contributed by atoms with Crippen molar-refractivity contribution < 1.29 is 18.0 Å². The molecule has 0 aliphatic rings. The number of amides is 1. The third kappa shape index (κ3) is 2.67. The van der Waals surface area contributed by atoms with Crippen molar-refractivity contribution in [2.75, 3.05) is 0 Å². The molecule has 114 valence electrons. The second-order valence-electron chi connectivity index (χ2n) is 4.42. The smallest absolute Gasteiger partial charge is 0.345 e. The first-order valence-corrected chi connectivity index (χ1v) is 7.11. The van der Waals surface area contributed by atoms with Gasteiger partial charge in [0.25, 0.3) is 5.91 Å². The summed E-state index contributed by atoms with van der Waals surface area (Å²) in [4.78, 5) is 11.8. The van der Waals surface area contributed by atoms with Gasteiger partial charge < -0.3 is 5.32 Å². The Morgan fingerprint density at radius 3 is 2.82 bits per heavy atom. The van der Waals surface area contributed by atoms with E-state index in [9.17, 15) is 18.0 Å². The standard InChI is InChI=1S/C13H9F3N4OS/c14-13(15,16)9-2-1-4-20-10(18-19-11(9)20)6-17-12(21)8-3-5-22-7-8/h1-5,7H,6H2,(H,17,21). The van der Waals surface area contributed by atoms with E-state index in [1.54, 1.807) is 16.8 Å². The zero-order valence-corrected chi connectivity index (χ0v) is 11.8. The van der Waals surface area contributed by atoms with E-state index in [1.165, 1.54) is 28.0 Å². The normalized spacial score (nSPS) is 11.8. The molecule has 0 spiro atoms. The van der Waals surface area contributed by atoms with E-state index in [2.05, 4.69) is 15.5 Å². The van der Waals surface area contributed by atoms with Crippen LogP contribution in [0.1, 0.15) is 21.7 Å². The van der Waals surface area contributed by atoms with Crippen LogP contribution in [0.3, 0.4) is 0 Å². The zero-order valence-electron chi connectivity index (χ0n) is 11.0. The molecule has 0 radical (unpaired) electrons. The van der Waals surface area contributed by atoms with Crippen LogP contribution >= 0.6 is 11.3 Å². The summed E-state index contributed by atoms with van der Waals surface area (Å²) in [6, 6.07) is 3.87. The summed E-state index contributed by atoms with van der Waals surface area (Å²) in [5.74, 6) is -0.0883. The van der Waals surface area contributed by atoms with Gasteiger partial charge in [-0.2, -0.15) is 24.5 Å². The van der Waals surface area contributed by atoms with Crippen LogP contribution in [0.2, 0.25) is 0 Å². The Labute approximate surface area is 126 Å². The fourth-order valence-corrected chi connectivity index (χ4v) is 2.60. The lowest BCUT2D eigenvalue weighted by Gasteiger charge is -2.07. The number of alkyl halides is 3. The molecule has 0 bridgehead atoms. The molecule has 22 heavy (non-hydrogen) atoms. The number of pyridine rings is 1. The topological polar surface area (TPSA) is 59.3 Å². The molecule has 0 aromatic carbocycles. The summed E-state index contributed by atoms with van der Waals surface area (Å²) in [7, 11) is 0. The van der Waals surface area contributed by atoms with Crippen molar-refractivity contribution >= 4 is 22.9 Å². The fourth-order valence-electron chi connectivity index (χ4n) is 1.96. The lowest BCUT2D eigenvalue weighted by atomic mass is 10.2. The number of hydrogen-bond acceptors (Lipinski definition) is 4. The summed E-state index contributed by atoms with van der Waals surface area (Å²) in [6.45, 7) is -0.0167. The molecule has 0 aliphatic heterocycles. The molecule has 1 amide bonds. The highest BCUT2D eigenvalue weighted by Gasteiger charge is 2.34. The van der Waals surface area contributed by atoms with Crippen LogP contribution in [0.15, 0.2) is 35.2 Å². The molecular weight excluding hydrogens is 317 g/mol.